The number of likely N-dealkylation sites (N-methyl/N-ethyl adjacent to an activating group) is 1. The van der Waals surface area contributed by atoms with Crippen LogP contribution in [0.4, 0.5) is 0 Å². The molecule has 0 heterocycles. The van der Waals surface area contributed by atoms with Crippen LogP contribution in [0.15, 0.2) is 48.5 Å². The Kier molecular flexibility index (Phi) is 6.46. The maximum Gasteiger partial charge on any atom is 0.232 e. The Labute approximate surface area is 147 Å². The SMILES string of the molecule is CN(C)CCNC(=O)C(c1ccc(Cl)cc1)c1ccc(Cl)cc1. The fourth-order valence-electron chi connectivity index (χ4n) is 2.31. The van der Waals surface area contributed by atoms with Gasteiger partial charge >= 0.3 is 0 Å². The molecule has 0 fully saturated rings. The summed E-state index contributed by atoms with van der Waals surface area (Å²) >= 11 is 11.9. The lowest BCUT2D eigenvalue weighted by atomic mass is 9.90. The van der Waals surface area contributed by atoms with Crippen LogP contribution < -0.4 is 5.32 Å². The summed E-state index contributed by atoms with van der Waals surface area (Å²) in [7, 11) is 3.95. The summed E-state index contributed by atoms with van der Waals surface area (Å²) in [6.07, 6.45) is 0. The van der Waals surface area contributed by atoms with Gasteiger partial charge in [0, 0.05) is 23.1 Å². The monoisotopic (exact) mass is 350 g/mol. The lowest BCUT2D eigenvalue weighted by Crippen LogP contribution is -2.35. The lowest BCUT2D eigenvalue weighted by Gasteiger charge is -2.19. The zero-order valence-corrected chi connectivity index (χ0v) is 14.7. The molecule has 0 atom stereocenters. The molecule has 1 N–H and O–H groups in total. The minimum Gasteiger partial charge on any atom is -0.354 e. The van der Waals surface area contributed by atoms with Gasteiger partial charge in [-0.1, -0.05) is 47.5 Å². The Hall–Kier alpha value is -1.55. The van der Waals surface area contributed by atoms with Gasteiger partial charge in [0.15, 0.2) is 0 Å². The number of hydrogen-bond donors (Lipinski definition) is 1. The molecule has 0 spiro atoms. The van der Waals surface area contributed by atoms with Crippen molar-refractivity contribution in [3.63, 3.8) is 0 Å². The van der Waals surface area contributed by atoms with Crippen molar-refractivity contribution in [2.45, 2.75) is 5.92 Å². The topological polar surface area (TPSA) is 32.3 Å². The van der Waals surface area contributed by atoms with Gasteiger partial charge < -0.3 is 10.2 Å². The first kappa shape index (κ1) is 17.8. The maximum absolute atomic E-state index is 12.7. The third-order valence-electron chi connectivity index (χ3n) is 3.53. The van der Waals surface area contributed by atoms with E-state index in [1.807, 2.05) is 43.3 Å². The molecule has 0 saturated carbocycles. The normalized spacial score (nSPS) is 11.0. The predicted molar refractivity (Wildman–Crippen MR) is 96.3 cm³/mol. The van der Waals surface area contributed by atoms with Gasteiger partial charge in [-0.25, -0.2) is 0 Å². The molecule has 0 saturated heterocycles. The fourth-order valence-corrected chi connectivity index (χ4v) is 2.56. The van der Waals surface area contributed by atoms with Gasteiger partial charge in [-0.3, -0.25) is 4.79 Å². The van der Waals surface area contributed by atoms with Crippen LogP contribution in [0.3, 0.4) is 0 Å². The molecule has 2 rings (SSSR count). The van der Waals surface area contributed by atoms with E-state index in [-0.39, 0.29) is 11.8 Å². The molecular formula is C18H20Cl2N2O. The van der Waals surface area contributed by atoms with E-state index in [1.54, 1.807) is 24.3 Å². The van der Waals surface area contributed by atoms with Crippen LogP contribution in [0.2, 0.25) is 10.0 Å². The first-order chi connectivity index (χ1) is 11.0. The average Bonchev–Trinajstić information content (AvgIpc) is 2.51. The third kappa shape index (κ3) is 5.24. The van der Waals surface area contributed by atoms with Crippen molar-refractivity contribution in [3.8, 4) is 0 Å². The molecule has 0 bridgehead atoms. The number of hydrogen-bond acceptors (Lipinski definition) is 2. The molecule has 0 aliphatic rings. The molecular weight excluding hydrogens is 331 g/mol. The van der Waals surface area contributed by atoms with E-state index in [4.69, 9.17) is 23.2 Å². The molecule has 2 aromatic carbocycles. The highest BCUT2D eigenvalue weighted by Gasteiger charge is 2.22. The molecule has 0 aliphatic heterocycles. The van der Waals surface area contributed by atoms with E-state index >= 15 is 0 Å². The molecule has 3 nitrogen and oxygen atoms in total. The number of rotatable bonds is 6. The summed E-state index contributed by atoms with van der Waals surface area (Å²) in [6.45, 7) is 1.39. The number of nitrogens with one attached hydrogen (secondary N) is 1. The van der Waals surface area contributed by atoms with E-state index < -0.39 is 0 Å². The largest absolute Gasteiger partial charge is 0.354 e. The van der Waals surface area contributed by atoms with Gasteiger partial charge in [-0.2, -0.15) is 0 Å². The highest BCUT2D eigenvalue weighted by Crippen LogP contribution is 2.27. The van der Waals surface area contributed by atoms with Crippen LogP contribution >= 0.6 is 23.2 Å². The Balaban J connectivity index is 2.25. The number of amides is 1. The zero-order valence-electron chi connectivity index (χ0n) is 13.2. The van der Waals surface area contributed by atoms with Crippen LogP contribution in [0, 0.1) is 0 Å². The third-order valence-corrected chi connectivity index (χ3v) is 4.03. The van der Waals surface area contributed by atoms with Gasteiger partial charge in [-0.05, 0) is 49.5 Å². The first-order valence-corrected chi connectivity index (χ1v) is 8.16. The second-order valence-corrected chi connectivity index (χ2v) is 6.50. The summed E-state index contributed by atoms with van der Waals surface area (Å²) < 4.78 is 0. The average molecular weight is 351 g/mol. The Morgan fingerprint density at radius 3 is 1.78 bits per heavy atom. The van der Waals surface area contributed by atoms with Crippen LogP contribution in [-0.4, -0.2) is 38.0 Å². The summed E-state index contributed by atoms with van der Waals surface area (Å²) in [5.74, 6) is -0.414. The van der Waals surface area contributed by atoms with Crippen molar-refractivity contribution in [2.75, 3.05) is 27.2 Å². The molecule has 5 heteroatoms. The van der Waals surface area contributed by atoms with E-state index in [0.29, 0.717) is 16.6 Å². The molecule has 0 radical (unpaired) electrons. The highest BCUT2D eigenvalue weighted by molar-refractivity contribution is 6.30. The van der Waals surface area contributed by atoms with Gasteiger partial charge in [-0.15, -0.1) is 0 Å². The quantitative estimate of drug-likeness (QED) is 0.859. The molecule has 122 valence electrons. The minimum atomic E-state index is -0.383. The van der Waals surface area contributed by atoms with Gasteiger partial charge in [0.25, 0.3) is 0 Å². The second-order valence-electron chi connectivity index (χ2n) is 5.63. The smallest absolute Gasteiger partial charge is 0.232 e. The Morgan fingerprint density at radius 2 is 1.39 bits per heavy atom. The van der Waals surface area contributed by atoms with Crippen LogP contribution in [-0.2, 0) is 4.79 Å². The number of halogens is 2. The fraction of sp³-hybridized carbons (Fsp3) is 0.278. The molecule has 0 aromatic heterocycles. The van der Waals surface area contributed by atoms with E-state index in [2.05, 4.69) is 5.32 Å². The van der Waals surface area contributed by atoms with Crippen molar-refractivity contribution in [1.82, 2.24) is 10.2 Å². The van der Waals surface area contributed by atoms with Crippen molar-refractivity contribution in [3.05, 3.63) is 69.7 Å². The van der Waals surface area contributed by atoms with E-state index in [0.717, 1.165) is 17.7 Å². The number of benzene rings is 2. The highest BCUT2D eigenvalue weighted by atomic mass is 35.5. The maximum atomic E-state index is 12.7. The zero-order chi connectivity index (χ0) is 16.8. The number of carbonyl (C=O) groups excluding carboxylic acids is 1. The van der Waals surface area contributed by atoms with Crippen molar-refractivity contribution in [1.29, 1.82) is 0 Å². The van der Waals surface area contributed by atoms with Crippen LogP contribution in [0.5, 0.6) is 0 Å². The van der Waals surface area contributed by atoms with Crippen molar-refractivity contribution in [2.24, 2.45) is 0 Å². The van der Waals surface area contributed by atoms with E-state index in [1.165, 1.54) is 0 Å². The predicted octanol–water partition coefficient (Wildman–Crippen LogP) is 3.80. The van der Waals surface area contributed by atoms with Gasteiger partial charge in [0.1, 0.15) is 0 Å². The first-order valence-electron chi connectivity index (χ1n) is 7.41. The number of carbonyl (C=O) groups is 1. The summed E-state index contributed by atoms with van der Waals surface area (Å²) in [5, 5.41) is 4.29. The molecule has 0 unspecified atom stereocenters. The summed E-state index contributed by atoms with van der Waals surface area (Å²) in [6, 6.07) is 14.7. The molecule has 2 aromatic rings. The standard InChI is InChI=1S/C18H20Cl2N2O/c1-22(2)12-11-21-18(23)17(13-3-7-15(19)8-4-13)14-5-9-16(20)10-6-14/h3-10,17H,11-12H2,1-2H3,(H,21,23). The van der Waals surface area contributed by atoms with Crippen LogP contribution in [0.1, 0.15) is 17.0 Å². The van der Waals surface area contributed by atoms with Gasteiger partial charge in [0.2, 0.25) is 5.91 Å². The van der Waals surface area contributed by atoms with Crippen molar-refractivity contribution >= 4 is 29.1 Å². The van der Waals surface area contributed by atoms with Crippen LogP contribution in [0.25, 0.3) is 0 Å². The lowest BCUT2D eigenvalue weighted by molar-refractivity contribution is -0.121. The Morgan fingerprint density at radius 1 is 0.957 bits per heavy atom. The molecule has 23 heavy (non-hydrogen) atoms. The Bertz CT molecular complexity index is 594. The number of nitrogens with zero attached hydrogens (tertiary/aromatic N) is 1. The van der Waals surface area contributed by atoms with E-state index in [9.17, 15) is 4.79 Å². The molecule has 0 aliphatic carbocycles. The van der Waals surface area contributed by atoms with Gasteiger partial charge in [0.05, 0.1) is 5.92 Å². The summed E-state index contributed by atoms with van der Waals surface area (Å²) in [5.41, 5.74) is 1.80. The summed E-state index contributed by atoms with van der Waals surface area (Å²) in [4.78, 5) is 14.7. The second kappa shape index (κ2) is 8.34. The minimum absolute atomic E-state index is 0.0310. The molecule has 1 amide bonds. The van der Waals surface area contributed by atoms with Crippen molar-refractivity contribution < 1.29 is 4.79 Å².